The van der Waals surface area contributed by atoms with E-state index in [1.54, 1.807) is 0 Å². The predicted molar refractivity (Wildman–Crippen MR) is 97.9 cm³/mol. The summed E-state index contributed by atoms with van der Waals surface area (Å²) in [6.45, 7) is 0. The van der Waals surface area contributed by atoms with Gasteiger partial charge in [-0.25, -0.2) is 4.21 Å². The molecule has 112 valence electrons. The van der Waals surface area contributed by atoms with Gasteiger partial charge >= 0.3 is 0 Å². The van der Waals surface area contributed by atoms with Gasteiger partial charge in [-0.15, -0.1) is 0 Å². The first-order valence-electron chi connectivity index (χ1n) is 7.47. The van der Waals surface area contributed by atoms with E-state index in [-0.39, 0.29) is 0 Å². The van der Waals surface area contributed by atoms with Gasteiger partial charge in [0.05, 0.1) is 10.6 Å². The second kappa shape index (κ2) is 5.86. The third-order valence-corrected chi connectivity index (χ3v) is 5.10. The van der Waals surface area contributed by atoms with E-state index in [2.05, 4.69) is 16.9 Å². The fourth-order valence-corrected chi connectivity index (χ4v) is 3.90. The van der Waals surface area contributed by atoms with E-state index in [9.17, 15) is 4.21 Å². The first-order chi connectivity index (χ1) is 11.3. The first-order valence-corrected chi connectivity index (χ1v) is 8.62. The van der Waals surface area contributed by atoms with Gasteiger partial charge in [0.15, 0.2) is 11.0 Å². The largest absolute Gasteiger partial charge is 0.301 e. The minimum Gasteiger partial charge on any atom is -0.301 e. The third kappa shape index (κ3) is 2.60. The maximum absolute atomic E-state index is 12.9. The summed E-state index contributed by atoms with van der Waals surface area (Å²) in [6.07, 6.45) is 0. The monoisotopic (exact) mass is 317 g/mol. The Kier molecular flexibility index (Phi) is 3.56. The van der Waals surface area contributed by atoms with Crippen LogP contribution >= 0.6 is 0 Å². The van der Waals surface area contributed by atoms with Crippen molar-refractivity contribution < 1.29 is 4.21 Å². The molecular formula is C20H15NOS. The summed E-state index contributed by atoms with van der Waals surface area (Å²) in [6, 6.07) is 28.0. The van der Waals surface area contributed by atoms with Gasteiger partial charge in [0, 0.05) is 5.39 Å². The van der Waals surface area contributed by atoms with Crippen molar-refractivity contribution in [2.75, 3.05) is 4.72 Å². The second-order valence-corrected chi connectivity index (χ2v) is 6.56. The number of benzene rings is 4. The van der Waals surface area contributed by atoms with E-state index in [0.717, 1.165) is 32.1 Å². The second-order valence-electron chi connectivity index (χ2n) is 5.37. The molecule has 1 N–H and O–H groups in total. The molecule has 2 nitrogen and oxygen atoms in total. The molecule has 1 atom stereocenters. The summed E-state index contributed by atoms with van der Waals surface area (Å²) in [5.41, 5.74) is 0.884. The van der Waals surface area contributed by atoms with Crippen LogP contribution in [0.3, 0.4) is 0 Å². The highest BCUT2D eigenvalue weighted by atomic mass is 32.2. The van der Waals surface area contributed by atoms with Crippen LogP contribution in [-0.4, -0.2) is 4.21 Å². The lowest BCUT2D eigenvalue weighted by molar-refractivity contribution is 0.687. The summed E-state index contributed by atoms with van der Waals surface area (Å²) in [5, 5.41) is 4.31. The van der Waals surface area contributed by atoms with E-state index in [0.29, 0.717) is 0 Å². The molecule has 0 aliphatic rings. The van der Waals surface area contributed by atoms with Crippen molar-refractivity contribution in [3.63, 3.8) is 0 Å². The van der Waals surface area contributed by atoms with Gasteiger partial charge in [0.2, 0.25) is 0 Å². The van der Waals surface area contributed by atoms with Gasteiger partial charge in [0.1, 0.15) is 0 Å². The fourth-order valence-electron chi connectivity index (χ4n) is 2.83. The van der Waals surface area contributed by atoms with Crippen LogP contribution in [0.4, 0.5) is 5.69 Å². The first kappa shape index (κ1) is 14.0. The molecule has 0 fully saturated rings. The van der Waals surface area contributed by atoms with E-state index < -0.39 is 11.0 Å². The van der Waals surface area contributed by atoms with Crippen molar-refractivity contribution in [3.05, 3.63) is 84.9 Å². The zero-order chi connectivity index (χ0) is 15.6. The Labute approximate surface area is 137 Å². The molecule has 0 bridgehead atoms. The smallest absolute Gasteiger partial charge is 0.150 e. The van der Waals surface area contributed by atoms with Gasteiger partial charge in [-0.05, 0) is 28.3 Å². The number of fused-ring (bicyclic) bond motifs is 2. The Morgan fingerprint density at radius 2 is 1.17 bits per heavy atom. The lowest BCUT2D eigenvalue weighted by Gasteiger charge is -2.11. The molecule has 4 aromatic carbocycles. The molecule has 3 heteroatoms. The van der Waals surface area contributed by atoms with Gasteiger partial charge in [-0.1, -0.05) is 72.8 Å². The fraction of sp³-hybridized carbons (Fsp3) is 0. The van der Waals surface area contributed by atoms with E-state index in [1.165, 1.54) is 0 Å². The standard InChI is InChI=1S/C20H15NOS/c22-23(20-14-6-10-16-8-2-4-12-18(16)20)21-19-13-5-9-15-7-1-3-11-17(15)19/h1-14,21H. The van der Waals surface area contributed by atoms with Crippen molar-refractivity contribution in [1.82, 2.24) is 0 Å². The van der Waals surface area contributed by atoms with E-state index in [4.69, 9.17) is 0 Å². The summed E-state index contributed by atoms with van der Waals surface area (Å²) >= 11 is 0. The number of hydrogen-bond acceptors (Lipinski definition) is 1. The Hall–Kier alpha value is -2.65. The number of nitrogens with one attached hydrogen (secondary N) is 1. The number of rotatable bonds is 3. The molecule has 0 amide bonds. The average molecular weight is 317 g/mol. The van der Waals surface area contributed by atoms with Crippen molar-refractivity contribution in [2.24, 2.45) is 0 Å². The quantitative estimate of drug-likeness (QED) is 0.558. The van der Waals surface area contributed by atoms with Crippen LogP contribution in [0.2, 0.25) is 0 Å². The summed E-state index contributed by atoms with van der Waals surface area (Å²) < 4.78 is 16.0. The highest BCUT2D eigenvalue weighted by Gasteiger charge is 2.09. The molecule has 0 radical (unpaired) electrons. The normalized spacial score (nSPS) is 12.3. The van der Waals surface area contributed by atoms with Crippen LogP contribution in [0.25, 0.3) is 21.5 Å². The lowest BCUT2D eigenvalue weighted by atomic mass is 10.1. The van der Waals surface area contributed by atoms with Gasteiger partial charge in [-0.2, -0.15) is 0 Å². The number of anilines is 1. The Morgan fingerprint density at radius 3 is 1.96 bits per heavy atom. The highest BCUT2D eigenvalue weighted by Crippen LogP contribution is 2.26. The van der Waals surface area contributed by atoms with E-state index in [1.807, 2.05) is 72.8 Å². The average Bonchev–Trinajstić information content (AvgIpc) is 2.61. The maximum Gasteiger partial charge on any atom is 0.150 e. The molecule has 0 aliphatic heterocycles. The van der Waals surface area contributed by atoms with Gasteiger partial charge < -0.3 is 4.72 Å². The summed E-state index contributed by atoms with van der Waals surface area (Å²) in [7, 11) is -1.31. The Morgan fingerprint density at radius 1 is 0.609 bits per heavy atom. The zero-order valence-corrected chi connectivity index (χ0v) is 13.2. The number of hydrogen-bond donors (Lipinski definition) is 1. The Bertz CT molecular complexity index is 1020. The van der Waals surface area contributed by atoms with Crippen molar-refractivity contribution in [3.8, 4) is 0 Å². The Balaban J connectivity index is 1.77. The van der Waals surface area contributed by atoms with Crippen LogP contribution in [0, 0.1) is 0 Å². The van der Waals surface area contributed by atoms with Crippen molar-refractivity contribution in [2.45, 2.75) is 4.90 Å². The molecule has 4 rings (SSSR count). The summed E-state index contributed by atoms with van der Waals surface area (Å²) in [4.78, 5) is 0.802. The summed E-state index contributed by atoms with van der Waals surface area (Å²) in [5.74, 6) is 0. The lowest BCUT2D eigenvalue weighted by Crippen LogP contribution is -2.05. The van der Waals surface area contributed by atoms with Crippen LogP contribution in [-0.2, 0) is 11.0 Å². The predicted octanol–water partition coefficient (Wildman–Crippen LogP) is 5.13. The third-order valence-electron chi connectivity index (χ3n) is 3.94. The van der Waals surface area contributed by atoms with Crippen molar-refractivity contribution in [1.29, 1.82) is 0 Å². The molecule has 23 heavy (non-hydrogen) atoms. The van der Waals surface area contributed by atoms with Gasteiger partial charge in [-0.3, -0.25) is 0 Å². The van der Waals surface area contributed by atoms with Gasteiger partial charge in [0.25, 0.3) is 0 Å². The topological polar surface area (TPSA) is 29.1 Å². The minimum atomic E-state index is -1.31. The van der Waals surface area contributed by atoms with Crippen LogP contribution in [0.5, 0.6) is 0 Å². The van der Waals surface area contributed by atoms with E-state index >= 15 is 0 Å². The van der Waals surface area contributed by atoms with Crippen LogP contribution < -0.4 is 4.72 Å². The molecule has 1 unspecified atom stereocenters. The van der Waals surface area contributed by atoms with Crippen molar-refractivity contribution >= 4 is 38.2 Å². The maximum atomic E-state index is 12.9. The minimum absolute atomic E-state index is 0.802. The van der Waals surface area contributed by atoms with Crippen LogP contribution in [0.15, 0.2) is 89.8 Å². The molecule has 0 aromatic heterocycles. The molecule has 0 spiro atoms. The van der Waals surface area contributed by atoms with Crippen LogP contribution in [0.1, 0.15) is 0 Å². The molecule has 0 saturated heterocycles. The SMILES string of the molecule is O=S(Nc1cccc2ccccc12)c1cccc2ccccc12. The highest BCUT2D eigenvalue weighted by molar-refractivity contribution is 7.86. The molecule has 0 heterocycles. The molecular weight excluding hydrogens is 302 g/mol. The molecule has 0 saturated carbocycles. The zero-order valence-electron chi connectivity index (χ0n) is 12.4. The molecule has 0 aliphatic carbocycles. The molecule has 4 aromatic rings.